The number of hydrogen-bond donors (Lipinski definition) is 1. The molecule has 1 N–H and O–H groups in total. The zero-order valence-electron chi connectivity index (χ0n) is 9.26. The van der Waals surface area contributed by atoms with E-state index >= 15 is 0 Å². The summed E-state index contributed by atoms with van der Waals surface area (Å²) < 4.78 is 13.4. The van der Waals surface area contributed by atoms with Gasteiger partial charge in [0.1, 0.15) is 6.61 Å². The van der Waals surface area contributed by atoms with Crippen LogP contribution in [0.3, 0.4) is 0 Å². The van der Waals surface area contributed by atoms with Gasteiger partial charge < -0.3 is 15.0 Å². The summed E-state index contributed by atoms with van der Waals surface area (Å²) in [6.45, 7) is 4.63. The first kappa shape index (κ1) is 10.7. The maximum absolute atomic E-state index is 11.5. The predicted molar refractivity (Wildman–Crippen MR) is 63.7 cm³/mol. The molecular weight excluding hydrogens is 242 g/mol. The first-order valence-corrected chi connectivity index (χ1v) is 6.32. The number of piperazine rings is 1. The average molecular weight is 255 g/mol. The van der Waals surface area contributed by atoms with Crippen LogP contribution >= 0.6 is 11.7 Å². The van der Waals surface area contributed by atoms with Crippen molar-refractivity contribution in [3.05, 3.63) is 0 Å². The monoisotopic (exact) mass is 255 g/mol. The van der Waals surface area contributed by atoms with Crippen LogP contribution in [0.1, 0.15) is 0 Å². The molecule has 2 aliphatic rings. The molecule has 8 heteroatoms. The molecular formula is C9H13N5O2S. The Hall–Kier alpha value is -1.41. The van der Waals surface area contributed by atoms with Crippen LogP contribution in [0, 0.1) is 0 Å². The van der Waals surface area contributed by atoms with Crippen molar-refractivity contribution in [2.45, 2.75) is 0 Å². The third-order valence-electron chi connectivity index (χ3n) is 2.89. The highest BCUT2D eigenvalue weighted by Gasteiger charge is 2.30. The third kappa shape index (κ3) is 1.93. The van der Waals surface area contributed by atoms with Crippen LogP contribution in [0.4, 0.5) is 16.4 Å². The summed E-state index contributed by atoms with van der Waals surface area (Å²) in [5, 5.41) is 3.28. The van der Waals surface area contributed by atoms with Crippen molar-refractivity contribution in [2.75, 3.05) is 49.1 Å². The lowest BCUT2D eigenvalue weighted by Gasteiger charge is -2.28. The minimum Gasteiger partial charge on any atom is -0.447 e. The second-order valence-corrected chi connectivity index (χ2v) is 4.44. The molecule has 0 radical (unpaired) electrons. The van der Waals surface area contributed by atoms with Crippen molar-refractivity contribution >= 4 is 29.5 Å². The lowest BCUT2D eigenvalue weighted by molar-refractivity contribution is 0.181. The molecule has 1 aromatic rings. The zero-order valence-corrected chi connectivity index (χ0v) is 10.1. The molecule has 2 aliphatic heterocycles. The largest absolute Gasteiger partial charge is 0.447 e. The Morgan fingerprint density at radius 3 is 2.65 bits per heavy atom. The summed E-state index contributed by atoms with van der Waals surface area (Å²) in [6.07, 6.45) is -0.325. The molecule has 1 amide bonds. The average Bonchev–Trinajstić information content (AvgIpc) is 2.98. The molecule has 2 saturated heterocycles. The van der Waals surface area contributed by atoms with Gasteiger partial charge >= 0.3 is 6.09 Å². The summed E-state index contributed by atoms with van der Waals surface area (Å²) in [4.78, 5) is 15.2. The van der Waals surface area contributed by atoms with E-state index in [1.54, 1.807) is 4.90 Å². The molecule has 92 valence electrons. The van der Waals surface area contributed by atoms with Gasteiger partial charge in [0.05, 0.1) is 18.3 Å². The molecule has 0 spiro atoms. The fourth-order valence-corrected chi connectivity index (χ4v) is 2.58. The van der Waals surface area contributed by atoms with Crippen LogP contribution in [0.15, 0.2) is 0 Å². The van der Waals surface area contributed by atoms with Crippen LogP contribution in [-0.4, -0.2) is 54.2 Å². The van der Waals surface area contributed by atoms with Gasteiger partial charge in [-0.2, -0.15) is 8.75 Å². The fourth-order valence-electron chi connectivity index (χ4n) is 2.01. The van der Waals surface area contributed by atoms with Gasteiger partial charge in [-0.15, -0.1) is 0 Å². The van der Waals surface area contributed by atoms with E-state index in [0.29, 0.717) is 19.0 Å². The lowest BCUT2D eigenvalue weighted by Crippen LogP contribution is -2.44. The Bertz CT molecular complexity index is 417. The number of cyclic esters (lactones) is 1. The van der Waals surface area contributed by atoms with E-state index in [1.807, 2.05) is 0 Å². The Labute approximate surface area is 103 Å². The minimum atomic E-state index is -0.325. The number of carbonyl (C=O) groups is 1. The molecule has 0 unspecified atom stereocenters. The van der Waals surface area contributed by atoms with Gasteiger partial charge in [0.2, 0.25) is 0 Å². The van der Waals surface area contributed by atoms with E-state index in [-0.39, 0.29) is 6.09 Å². The highest BCUT2D eigenvalue weighted by atomic mass is 32.1. The van der Waals surface area contributed by atoms with E-state index in [4.69, 9.17) is 4.74 Å². The maximum atomic E-state index is 11.5. The first-order valence-electron chi connectivity index (χ1n) is 5.59. The topological polar surface area (TPSA) is 70.6 Å². The molecule has 2 fully saturated rings. The van der Waals surface area contributed by atoms with Crippen LogP contribution in [0.5, 0.6) is 0 Å². The van der Waals surface area contributed by atoms with Crippen molar-refractivity contribution in [1.82, 2.24) is 14.1 Å². The van der Waals surface area contributed by atoms with Crippen LogP contribution in [0.2, 0.25) is 0 Å². The third-order valence-corrected chi connectivity index (χ3v) is 3.40. The zero-order chi connectivity index (χ0) is 11.7. The van der Waals surface area contributed by atoms with Crippen molar-refractivity contribution in [1.29, 1.82) is 0 Å². The highest BCUT2D eigenvalue weighted by molar-refractivity contribution is 6.99. The van der Waals surface area contributed by atoms with Crippen molar-refractivity contribution in [3.8, 4) is 0 Å². The van der Waals surface area contributed by atoms with Crippen LogP contribution in [-0.2, 0) is 4.74 Å². The smallest absolute Gasteiger partial charge is 0.415 e. The van der Waals surface area contributed by atoms with E-state index in [9.17, 15) is 4.79 Å². The number of anilines is 2. The number of aromatic nitrogens is 2. The SMILES string of the molecule is O=C1OCCN1c1nsnc1N1CCNCC1. The van der Waals surface area contributed by atoms with E-state index in [2.05, 4.69) is 19.0 Å². The molecule has 17 heavy (non-hydrogen) atoms. The van der Waals surface area contributed by atoms with Crippen molar-refractivity contribution in [3.63, 3.8) is 0 Å². The predicted octanol–water partition coefficient (Wildman–Crippen LogP) is -0.0957. The van der Waals surface area contributed by atoms with Crippen molar-refractivity contribution < 1.29 is 9.53 Å². The summed E-state index contributed by atoms with van der Waals surface area (Å²) in [5.74, 6) is 1.44. The molecule has 0 bridgehead atoms. The molecule has 7 nitrogen and oxygen atoms in total. The van der Waals surface area contributed by atoms with Gasteiger partial charge in [-0.1, -0.05) is 0 Å². The molecule has 0 aromatic carbocycles. The van der Waals surface area contributed by atoms with Gasteiger partial charge in [0.15, 0.2) is 11.6 Å². The van der Waals surface area contributed by atoms with E-state index in [1.165, 1.54) is 0 Å². The number of nitrogens with zero attached hydrogens (tertiary/aromatic N) is 4. The van der Waals surface area contributed by atoms with Crippen molar-refractivity contribution in [2.24, 2.45) is 0 Å². The summed E-state index contributed by atoms with van der Waals surface area (Å²) in [6, 6.07) is 0. The van der Waals surface area contributed by atoms with Gasteiger partial charge in [-0.05, 0) is 0 Å². The Morgan fingerprint density at radius 2 is 1.94 bits per heavy atom. The number of ether oxygens (including phenoxy) is 1. The molecule has 3 rings (SSSR count). The lowest BCUT2D eigenvalue weighted by atomic mass is 10.3. The summed E-state index contributed by atoms with van der Waals surface area (Å²) >= 11 is 1.14. The maximum Gasteiger partial charge on any atom is 0.415 e. The number of hydrogen-bond acceptors (Lipinski definition) is 7. The van der Waals surface area contributed by atoms with Gasteiger partial charge in [-0.3, -0.25) is 4.90 Å². The number of amides is 1. The molecule has 3 heterocycles. The van der Waals surface area contributed by atoms with Crippen LogP contribution < -0.4 is 15.1 Å². The van der Waals surface area contributed by atoms with Gasteiger partial charge in [0, 0.05) is 26.2 Å². The Morgan fingerprint density at radius 1 is 1.18 bits per heavy atom. The van der Waals surface area contributed by atoms with E-state index in [0.717, 1.165) is 43.7 Å². The van der Waals surface area contributed by atoms with Gasteiger partial charge in [-0.25, -0.2) is 4.79 Å². The highest BCUT2D eigenvalue weighted by Crippen LogP contribution is 2.29. The summed E-state index contributed by atoms with van der Waals surface area (Å²) in [5.41, 5.74) is 0. The summed E-state index contributed by atoms with van der Waals surface area (Å²) in [7, 11) is 0. The molecule has 0 atom stereocenters. The quantitative estimate of drug-likeness (QED) is 0.796. The molecule has 0 saturated carbocycles. The first-order chi connectivity index (χ1) is 8.36. The number of carbonyl (C=O) groups excluding carboxylic acids is 1. The number of nitrogens with one attached hydrogen (secondary N) is 1. The Balaban J connectivity index is 1.85. The standard InChI is InChI=1S/C9H13N5O2S/c15-9-14(5-6-16-9)8-7(11-17-12-8)13-3-1-10-2-4-13/h10H,1-6H2. The Kier molecular flexibility index (Phi) is 2.81. The molecule has 1 aromatic heterocycles. The van der Waals surface area contributed by atoms with Gasteiger partial charge in [0.25, 0.3) is 0 Å². The second kappa shape index (κ2) is 4.46. The fraction of sp³-hybridized carbons (Fsp3) is 0.667. The van der Waals surface area contributed by atoms with E-state index < -0.39 is 0 Å². The molecule has 0 aliphatic carbocycles. The minimum absolute atomic E-state index is 0.325. The normalized spacial score (nSPS) is 20.8. The van der Waals surface area contributed by atoms with Crippen LogP contribution in [0.25, 0.3) is 0 Å². The number of rotatable bonds is 2. The second-order valence-electron chi connectivity index (χ2n) is 3.91.